The molecule has 0 spiro atoms. The molecule has 0 fully saturated rings. The molecule has 0 bridgehead atoms. The first-order valence-corrected chi connectivity index (χ1v) is 15.6. The Balaban J connectivity index is 1.88. The monoisotopic (exact) mass is 460 g/mol. The average molecular weight is 461 g/mol. The molecule has 3 rings (SSSR count). The lowest BCUT2D eigenvalue weighted by Crippen LogP contribution is -2.12. The fourth-order valence-electron chi connectivity index (χ4n) is 4.79. The van der Waals surface area contributed by atoms with Crippen molar-refractivity contribution >= 4 is 24.3 Å². The smallest absolute Gasteiger partial charge is 0.0842 e. The van der Waals surface area contributed by atoms with Crippen LogP contribution in [0.3, 0.4) is 0 Å². The molecule has 0 aromatic heterocycles. The summed E-state index contributed by atoms with van der Waals surface area (Å²) in [5.74, 6) is 0. The Kier molecular flexibility index (Phi) is 10.5. The molecular weight excluding hydrogens is 417 g/mol. The highest BCUT2D eigenvalue weighted by atomic mass is 31.2. The second-order valence-electron chi connectivity index (χ2n) is 9.40. The van der Waals surface area contributed by atoms with Gasteiger partial charge in [-0.3, -0.25) is 0 Å². The maximum atomic E-state index is 2.41. The largest absolute Gasteiger partial charge is 0.311 e. The summed E-state index contributed by atoms with van der Waals surface area (Å²) < 4.78 is 0. The van der Waals surface area contributed by atoms with Crippen molar-refractivity contribution in [3.63, 3.8) is 0 Å². The van der Waals surface area contributed by atoms with E-state index in [0.29, 0.717) is 0 Å². The van der Waals surface area contributed by atoms with Gasteiger partial charge in [0.05, 0.1) is 24.6 Å². The zero-order valence-electron chi connectivity index (χ0n) is 21.0. The van der Waals surface area contributed by atoms with Crippen molar-refractivity contribution in [2.75, 3.05) is 23.4 Å². The van der Waals surface area contributed by atoms with Gasteiger partial charge in [-0.05, 0) is 61.2 Å². The second kappa shape index (κ2) is 13.6. The normalized spacial score (nSPS) is 11.5. The summed E-state index contributed by atoms with van der Waals surface area (Å²) in [7, 11) is -0.936. The van der Waals surface area contributed by atoms with Crippen molar-refractivity contribution in [1.82, 2.24) is 0 Å². The Bertz CT molecular complexity index is 843. The minimum absolute atomic E-state index is 0.936. The van der Waals surface area contributed by atoms with Crippen LogP contribution >= 0.6 is 7.26 Å². The van der Waals surface area contributed by atoms with Crippen molar-refractivity contribution < 1.29 is 0 Å². The Hall–Kier alpha value is -2.11. The molecular formula is C31H43NP+. The molecule has 176 valence electrons. The number of anilines is 3. The van der Waals surface area contributed by atoms with Crippen LogP contribution in [0.5, 0.6) is 0 Å². The highest BCUT2D eigenvalue weighted by Crippen LogP contribution is 2.63. The van der Waals surface area contributed by atoms with E-state index in [1.165, 1.54) is 85.8 Å². The molecule has 0 saturated carbocycles. The van der Waals surface area contributed by atoms with E-state index in [1.807, 2.05) is 0 Å². The second-order valence-corrected chi connectivity index (χ2v) is 13.7. The van der Waals surface area contributed by atoms with Crippen LogP contribution in [0.4, 0.5) is 17.1 Å². The van der Waals surface area contributed by atoms with E-state index in [9.17, 15) is 0 Å². The zero-order chi connectivity index (χ0) is 23.4. The van der Waals surface area contributed by atoms with E-state index in [-0.39, 0.29) is 0 Å². The SMILES string of the molecule is CCCC[P+](CCCC)(CCCC)Cc1ccc(N(c2ccccc2)c2ccccc2)cc1. The molecule has 0 unspecified atom stereocenters. The number of para-hydroxylation sites is 2. The van der Waals surface area contributed by atoms with Gasteiger partial charge in [0.2, 0.25) is 0 Å². The van der Waals surface area contributed by atoms with E-state index >= 15 is 0 Å². The summed E-state index contributed by atoms with van der Waals surface area (Å²) in [5, 5.41) is 0. The number of nitrogens with zero attached hydrogens (tertiary/aromatic N) is 1. The van der Waals surface area contributed by atoms with Gasteiger partial charge in [0.15, 0.2) is 0 Å². The van der Waals surface area contributed by atoms with Gasteiger partial charge in [0.25, 0.3) is 0 Å². The molecule has 33 heavy (non-hydrogen) atoms. The van der Waals surface area contributed by atoms with Crippen LogP contribution in [-0.4, -0.2) is 18.5 Å². The minimum atomic E-state index is -0.936. The Morgan fingerprint density at radius 1 is 0.515 bits per heavy atom. The number of benzene rings is 3. The summed E-state index contributed by atoms with van der Waals surface area (Å²) in [6, 6.07) is 30.9. The van der Waals surface area contributed by atoms with Crippen molar-refractivity contribution in [2.45, 2.75) is 65.5 Å². The average Bonchev–Trinajstić information content (AvgIpc) is 2.87. The third kappa shape index (κ3) is 7.44. The maximum Gasteiger partial charge on any atom is 0.0842 e. The fourth-order valence-corrected chi connectivity index (χ4v) is 9.88. The lowest BCUT2D eigenvalue weighted by Gasteiger charge is -2.29. The van der Waals surface area contributed by atoms with Crippen molar-refractivity contribution in [3.8, 4) is 0 Å². The van der Waals surface area contributed by atoms with Gasteiger partial charge in [-0.1, -0.05) is 88.6 Å². The van der Waals surface area contributed by atoms with E-state index in [4.69, 9.17) is 0 Å². The molecule has 0 aliphatic heterocycles. The molecule has 1 nitrogen and oxygen atoms in total. The molecule has 2 heteroatoms. The van der Waals surface area contributed by atoms with Gasteiger partial charge < -0.3 is 4.90 Å². The third-order valence-corrected chi connectivity index (χ3v) is 11.5. The molecule has 0 saturated heterocycles. The highest BCUT2D eigenvalue weighted by Gasteiger charge is 2.35. The predicted molar refractivity (Wildman–Crippen MR) is 151 cm³/mol. The quantitative estimate of drug-likeness (QED) is 0.216. The lowest BCUT2D eigenvalue weighted by molar-refractivity contribution is 0.832. The summed E-state index contributed by atoms with van der Waals surface area (Å²) in [6.45, 7) is 7.06. The van der Waals surface area contributed by atoms with E-state index in [2.05, 4.69) is 111 Å². The number of hydrogen-bond acceptors (Lipinski definition) is 1. The number of rotatable bonds is 14. The molecule has 0 radical (unpaired) electrons. The Morgan fingerprint density at radius 2 is 0.909 bits per heavy atom. The predicted octanol–water partition coefficient (Wildman–Crippen LogP) is 10.1. The van der Waals surface area contributed by atoms with Gasteiger partial charge in [0.1, 0.15) is 0 Å². The standard InChI is InChI=1S/C31H43NP/c1-4-7-24-33(25-8-5-2,26-9-6-3)27-28-20-22-31(23-21-28)32(29-16-12-10-13-17-29)30-18-14-11-15-19-30/h10-23H,4-9,24-27H2,1-3H3/q+1. The topological polar surface area (TPSA) is 3.24 Å². The van der Waals surface area contributed by atoms with E-state index in [0.717, 1.165) is 0 Å². The first-order chi connectivity index (χ1) is 16.2. The molecule has 0 atom stereocenters. The van der Waals surface area contributed by atoms with Gasteiger partial charge in [-0.15, -0.1) is 0 Å². The molecule has 0 aliphatic carbocycles. The van der Waals surface area contributed by atoms with Crippen LogP contribution in [0.15, 0.2) is 84.9 Å². The molecule has 0 aliphatic rings. The van der Waals surface area contributed by atoms with E-state index in [1.54, 1.807) is 0 Å². The first kappa shape index (κ1) is 25.5. The van der Waals surface area contributed by atoms with Crippen molar-refractivity contribution in [1.29, 1.82) is 0 Å². The third-order valence-electron chi connectivity index (χ3n) is 6.70. The van der Waals surface area contributed by atoms with Crippen molar-refractivity contribution in [3.05, 3.63) is 90.5 Å². The summed E-state index contributed by atoms with van der Waals surface area (Å²) >= 11 is 0. The number of hydrogen-bond donors (Lipinski definition) is 0. The van der Waals surface area contributed by atoms with E-state index < -0.39 is 7.26 Å². The molecule has 0 N–H and O–H groups in total. The highest BCUT2D eigenvalue weighted by molar-refractivity contribution is 7.75. The number of unbranched alkanes of at least 4 members (excludes halogenated alkanes) is 3. The Labute approximate surface area is 203 Å². The summed E-state index contributed by atoms with van der Waals surface area (Å²) in [6.07, 6.45) is 13.9. The van der Waals surface area contributed by atoms with Crippen LogP contribution in [0, 0.1) is 0 Å². The van der Waals surface area contributed by atoms with Crippen LogP contribution in [0.1, 0.15) is 64.9 Å². The molecule has 0 amide bonds. The lowest BCUT2D eigenvalue weighted by atomic mass is 10.1. The van der Waals surface area contributed by atoms with Gasteiger partial charge >= 0.3 is 0 Å². The van der Waals surface area contributed by atoms with Crippen LogP contribution < -0.4 is 4.90 Å². The van der Waals surface area contributed by atoms with Crippen LogP contribution in [0.2, 0.25) is 0 Å². The van der Waals surface area contributed by atoms with Gasteiger partial charge in [-0.25, -0.2) is 0 Å². The van der Waals surface area contributed by atoms with Gasteiger partial charge in [-0.2, -0.15) is 0 Å². The fraction of sp³-hybridized carbons (Fsp3) is 0.419. The molecule has 3 aromatic carbocycles. The van der Waals surface area contributed by atoms with Crippen LogP contribution in [-0.2, 0) is 6.16 Å². The molecule has 3 aromatic rings. The zero-order valence-corrected chi connectivity index (χ0v) is 21.9. The minimum Gasteiger partial charge on any atom is -0.311 e. The van der Waals surface area contributed by atoms with Gasteiger partial charge in [0, 0.05) is 24.3 Å². The summed E-state index contributed by atoms with van der Waals surface area (Å²) in [4.78, 5) is 2.36. The summed E-state index contributed by atoms with van der Waals surface area (Å²) in [5.41, 5.74) is 5.17. The first-order valence-electron chi connectivity index (χ1n) is 13.1. The Morgan fingerprint density at radius 3 is 1.30 bits per heavy atom. The molecule has 0 heterocycles. The van der Waals surface area contributed by atoms with Crippen LogP contribution in [0.25, 0.3) is 0 Å². The maximum absolute atomic E-state index is 2.41. The van der Waals surface area contributed by atoms with Crippen molar-refractivity contribution in [2.24, 2.45) is 0 Å².